The average Bonchev–Trinajstić information content (AvgIpc) is 2.80. The van der Waals surface area contributed by atoms with Gasteiger partial charge in [0.25, 0.3) is 0 Å². The highest BCUT2D eigenvalue weighted by Gasteiger charge is 2.30. The molecule has 1 N–H and O–H groups in total. The maximum absolute atomic E-state index is 13.5. The second-order valence-corrected chi connectivity index (χ2v) is 10.9. The third kappa shape index (κ3) is 7.73. The molecule has 0 saturated carbocycles. The minimum absolute atomic E-state index is 0.0520. The number of halogens is 1. The van der Waals surface area contributed by atoms with Crippen molar-refractivity contribution >= 4 is 43.5 Å². The lowest BCUT2D eigenvalue weighted by atomic mass is 10.1. The molecule has 0 radical (unpaired) electrons. The number of nitrogens with one attached hydrogen (secondary N) is 1. The van der Waals surface area contributed by atoms with Gasteiger partial charge in [-0.2, -0.15) is 0 Å². The summed E-state index contributed by atoms with van der Waals surface area (Å²) in [5.41, 5.74) is 1.11. The van der Waals surface area contributed by atoms with Crippen LogP contribution in [0.4, 0.5) is 5.69 Å². The van der Waals surface area contributed by atoms with E-state index >= 15 is 0 Å². The van der Waals surface area contributed by atoms with E-state index in [0.29, 0.717) is 11.4 Å². The van der Waals surface area contributed by atoms with Crippen LogP contribution in [0.5, 0.6) is 5.75 Å². The Labute approximate surface area is 210 Å². The second kappa shape index (κ2) is 12.2. The van der Waals surface area contributed by atoms with E-state index in [1.54, 1.807) is 31.2 Å². The third-order valence-corrected chi connectivity index (χ3v) is 7.12. The average molecular weight is 555 g/mol. The van der Waals surface area contributed by atoms with Crippen LogP contribution in [0, 0.1) is 0 Å². The van der Waals surface area contributed by atoms with Crippen molar-refractivity contribution in [2.24, 2.45) is 0 Å². The van der Waals surface area contributed by atoms with E-state index in [4.69, 9.17) is 4.74 Å². The SMILES string of the molecule is CCC(C)NC(=O)C(C)N(Cc1ccc(Br)cc1)C(=O)CN(c1cccc(OC)c1)S(C)(=O)=O. The number of ether oxygens (including phenoxy) is 1. The fourth-order valence-electron chi connectivity index (χ4n) is 3.21. The molecule has 2 aromatic carbocycles. The Bertz CT molecular complexity index is 1090. The highest BCUT2D eigenvalue weighted by atomic mass is 79.9. The van der Waals surface area contributed by atoms with E-state index in [0.717, 1.165) is 27.0 Å². The summed E-state index contributed by atoms with van der Waals surface area (Å²) in [4.78, 5) is 27.8. The molecule has 0 aliphatic heterocycles. The topological polar surface area (TPSA) is 96.0 Å². The van der Waals surface area contributed by atoms with Crippen LogP contribution in [-0.4, -0.2) is 57.1 Å². The smallest absolute Gasteiger partial charge is 0.244 e. The Morgan fingerprint density at radius 2 is 1.76 bits per heavy atom. The van der Waals surface area contributed by atoms with Gasteiger partial charge in [-0.25, -0.2) is 8.42 Å². The maximum Gasteiger partial charge on any atom is 0.244 e. The zero-order valence-electron chi connectivity index (χ0n) is 20.1. The molecule has 0 aliphatic rings. The molecule has 10 heteroatoms. The summed E-state index contributed by atoms with van der Waals surface area (Å²) >= 11 is 3.39. The lowest BCUT2D eigenvalue weighted by molar-refractivity contribution is -0.139. The van der Waals surface area contributed by atoms with Crippen molar-refractivity contribution in [1.29, 1.82) is 0 Å². The second-order valence-electron chi connectivity index (χ2n) is 8.11. The summed E-state index contributed by atoms with van der Waals surface area (Å²) in [7, 11) is -2.32. The quantitative estimate of drug-likeness (QED) is 0.459. The van der Waals surface area contributed by atoms with E-state index in [2.05, 4.69) is 21.2 Å². The van der Waals surface area contributed by atoms with Crippen molar-refractivity contribution < 1.29 is 22.7 Å². The molecule has 0 aromatic heterocycles. The van der Waals surface area contributed by atoms with Crippen LogP contribution in [0.2, 0.25) is 0 Å². The van der Waals surface area contributed by atoms with Crippen LogP contribution in [-0.2, 0) is 26.2 Å². The van der Waals surface area contributed by atoms with Gasteiger partial charge in [0.15, 0.2) is 0 Å². The maximum atomic E-state index is 13.5. The van der Waals surface area contributed by atoms with Crippen LogP contribution in [0.3, 0.4) is 0 Å². The van der Waals surface area contributed by atoms with Gasteiger partial charge >= 0.3 is 0 Å². The first-order valence-electron chi connectivity index (χ1n) is 10.9. The number of anilines is 1. The van der Waals surface area contributed by atoms with Crippen LogP contribution in [0.15, 0.2) is 53.0 Å². The molecule has 0 spiro atoms. The Hall–Kier alpha value is -2.59. The minimum atomic E-state index is -3.80. The van der Waals surface area contributed by atoms with Gasteiger partial charge in [0.2, 0.25) is 21.8 Å². The Kier molecular flexibility index (Phi) is 9.93. The minimum Gasteiger partial charge on any atom is -0.497 e. The normalized spacial score (nSPS) is 13.0. The van der Waals surface area contributed by atoms with Gasteiger partial charge in [0, 0.05) is 23.1 Å². The number of benzene rings is 2. The van der Waals surface area contributed by atoms with Gasteiger partial charge in [-0.3, -0.25) is 13.9 Å². The summed E-state index contributed by atoms with van der Waals surface area (Å²) in [6, 6.07) is 13.0. The van der Waals surface area contributed by atoms with Gasteiger partial charge < -0.3 is 15.0 Å². The molecule has 2 aromatic rings. The molecule has 8 nitrogen and oxygen atoms in total. The first-order valence-corrected chi connectivity index (χ1v) is 13.6. The Morgan fingerprint density at radius 3 is 2.32 bits per heavy atom. The fraction of sp³-hybridized carbons (Fsp3) is 0.417. The first-order chi connectivity index (χ1) is 16.0. The van der Waals surface area contributed by atoms with Gasteiger partial charge in [-0.1, -0.05) is 41.1 Å². The molecule has 0 heterocycles. The predicted molar refractivity (Wildman–Crippen MR) is 137 cm³/mol. The molecule has 2 amide bonds. The molecule has 2 atom stereocenters. The van der Waals surface area contributed by atoms with E-state index in [-0.39, 0.29) is 18.5 Å². The molecular weight excluding hydrogens is 522 g/mol. The van der Waals surface area contributed by atoms with Gasteiger partial charge in [0.05, 0.1) is 19.1 Å². The van der Waals surface area contributed by atoms with Crippen molar-refractivity contribution in [2.75, 3.05) is 24.2 Å². The number of hydrogen-bond acceptors (Lipinski definition) is 5. The molecule has 0 aliphatic carbocycles. The molecule has 34 heavy (non-hydrogen) atoms. The third-order valence-electron chi connectivity index (χ3n) is 5.46. The fourth-order valence-corrected chi connectivity index (χ4v) is 4.32. The number of sulfonamides is 1. The first kappa shape index (κ1) is 27.7. The molecule has 2 rings (SSSR count). The van der Waals surface area contributed by atoms with Crippen molar-refractivity contribution in [3.8, 4) is 5.75 Å². The summed E-state index contributed by atoms with van der Waals surface area (Å²) in [6.07, 6.45) is 1.79. The van der Waals surface area contributed by atoms with E-state index in [1.165, 1.54) is 12.0 Å². The van der Waals surface area contributed by atoms with E-state index < -0.39 is 28.5 Å². The Morgan fingerprint density at radius 1 is 1.12 bits per heavy atom. The number of rotatable bonds is 11. The lowest BCUT2D eigenvalue weighted by Gasteiger charge is -2.32. The number of amides is 2. The van der Waals surface area contributed by atoms with Crippen molar-refractivity contribution in [3.63, 3.8) is 0 Å². The Balaban J connectivity index is 2.38. The number of carbonyl (C=O) groups is 2. The number of nitrogens with zero attached hydrogens (tertiary/aromatic N) is 2. The van der Waals surface area contributed by atoms with Crippen molar-refractivity contribution in [1.82, 2.24) is 10.2 Å². The van der Waals surface area contributed by atoms with Gasteiger partial charge in [-0.05, 0) is 50.1 Å². The van der Waals surface area contributed by atoms with Gasteiger partial charge in [-0.15, -0.1) is 0 Å². The monoisotopic (exact) mass is 553 g/mol. The molecule has 0 fully saturated rings. The zero-order valence-corrected chi connectivity index (χ0v) is 22.5. The molecule has 2 unspecified atom stereocenters. The van der Waals surface area contributed by atoms with Crippen LogP contribution in [0.1, 0.15) is 32.8 Å². The molecule has 186 valence electrons. The molecular formula is C24H32BrN3O5S. The zero-order chi connectivity index (χ0) is 25.5. The van der Waals surface area contributed by atoms with E-state index in [1.807, 2.05) is 38.1 Å². The molecule has 0 bridgehead atoms. The summed E-state index contributed by atoms with van der Waals surface area (Å²) in [5.74, 6) is -0.332. The summed E-state index contributed by atoms with van der Waals surface area (Å²) < 4.78 is 32.3. The van der Waals surface area contributed by atoms with Crippen LogP contribution in [0.25, 0.3) is 0 Å². The lowest BCUT2D eigenvalue weighted by Crippen LogP contribution is -2.52. The summed E-state index contributed by atoms with van der Waals surface area (Å²) in [6.45, 7) is 5.18. The number of methoxy groups -OCH3 is 1. The highest BCUT2D eigenvalue weighted by Crippen LogP contribution is 2.24. The largest absolute Gasteiger partial charge is 0.497 e. The van der Waals surface area contributed by atoms with Crippen molar-refractivity contribution in [3.05, 3.63) is 58.6 Å². The van der Waals surface area contributed by atoms with E-state index in [9.17, 15) is 18.0 Å². The summed E-state index contributed by atoms with van der Waals surface area (Å²) in [5, 5.41) is 2.90. The van der Waals surface area contributed by atoms with Crippen LogP contribution >= 0.6 is 15.9 Å². The highest BCUT2D eigenvalue weighted by molar-refractivity contribution is 9.10. The van der Waals surface area contributed by atoms with Crippen molar-refractivity contribution in [2.45, 2.75) is 45.8 Å². The standard InChI is InChI=1S/C24H32BrN3O5S/c1-6-17(2)26-24(30)18(3)27(15-19-10-12-20(25)13-11-19)23(29)16-28(34(5,31)32)21-8-7-9-22(14-21)33-4/h7-14,17-18H,6,15-16H2,1-5H3,(H,26,30). The van der Waals surface area contributed by atoms with Gasteiger partial charge in [0.1, 0.15) is 18.3 Å². The number of hydrogen-bond donors (Lipinski definition) is 1. The molecule has 0 saturated heterocycles. The van der Waals surface area contributed by atoms with Crippen LogP contribution < -0.4 is 14.4 Å². The predicted octanol–water partition coefficient (Wildman–Crippen LogP) is 3.56. The number of carbonyl (C=O) groups excluding carboxylic acids is 2.